The first-order valence-electron chi connectivity index (χ1n) is 7.68. The van der Waals surface area contributed by atoms with Crippen molar-refractivity contribution in [3.05, 3.63) is 42.5 Å². The topological polar surface area (TPSA) is 73.3 Å². The van der Waals surface area contributed by atoms with Gasteiger partial charge in [-0.1, -0.05) is 26.2 Å². The maximum Gasteiger partial charge on any atom is 0.216 e. The second kappa shape index (κ2) is 8.54. The fourth-order valence-electron chi connectivity index (χ4n) is 2.49. The summed E-state index contributed by atoms with van der Waals surface area (Å²) in [6.07, 6.45) is 4.91. The Kier molecular flexibility index (Phi) is 6.95. The molecule has 0 saturated heterocycles. The Hall–Kier alpha value is -0.790. The summed E-state index contributed by atoms with van der Waals surface area (Å²) in [5, 5.41) is 20.8. The number of unbranched alkanes of at least 4 members (excludes halogenated alkanes) is 3. The Bertz CT molecular complexity index is 737. The molecule has 2 rings (SSSR count). The minimum atomic E-state index is -0.465. The van der Waals surface area contributed by atoms with Crippen molar-refractivity contribution in [3.8, 4) is 11.5 Å². The van der Waals surface area contributed by atoms with Gasteiger partial charge in [-0.15, -0.1) is 0 Å². The van der Waals surface area contributed by atoms with E-state index in [0.29, 0.717) is 25.5 Å². The van der Waals surface area contributed by atoms with E-state index in [0.717, 1.165) is 25.7 Å². The van der Waals surface area contributed by atoms with Gasteiger partial charge in [0.1, 0.15) is 17.1 Å². The van der Waals surface area contributed by atoms with Gasteiger partial charge in [0.25, 0.3) is 0 Å². The summed E-state index contributed by atoms with van der Waals surface area (Å²) in [7, 11) is 0. The highest BCUT2D eigenvalue weighted by Gasteiger charge is 2.24. The Morgan fingerprint density at radius 1 is 1.04 bits per heavy atom. The summed E-state index contributed by atoms with van der Waals surface area (Å²) in [4.78, 5) is 15.6. The van der Waals surface area contributed by atoms with E-state index in [1.165, 1.54) is 0 Å². The predicted molar refractivity (Wildman–Crippen MR) is 105 cm³/mol. The Balaban J connectivity index is 2.37. The Morgan fingerprint density at radius 2 is 1.75 bits per heavy atom. The third-order valence-electron chi connectivity index (χ3n) is 3.80. The molecule has 1 heterocycles. The average Bonchev–Trinajstić information content (AvgIpc) is 2.88. The number of hydrogen-bond acceptors (Lipinski definition) is 3. The summed E-state index contributed by atoms with van der Waals surface area (Å²) in [6.45, 7) is 2.14. The summed E-state index contributed by atoms with van der Waals surface area (Å²) in [6, 6.07) is 3.28. The molecule has 3 N–H and O–H groups in total. The monoisotopic (exact) mass is 521 g/mol. The van der Waals surface area contributed by atoms with Crippen molar-refractivity contribution in [2.45, 2.75) is 39.0 Å². The zero-order valence-corrected chi connectivity index (χ0v) is 17.9. The zero-order chi connectivity index (χ0) is 17.9. The molecule has 0 amide bonds. The van der Waals surface area contributed by atoms with Crippen LogP contribution in [0.25, 0.3) is 0 Å². The van der Waals surface area contributed by atoms with E-state index < -0.39 is 5.78 Å². The zero-order valence-electron chi connectivity index (χ0n) is 13.1. The molecule has 0 aliphatic rings. The van der Waals surface area contributed by atoms with Crippen molar-refractivity contribution < 1.29 is 15.0 Å². The molecule has 24 heavy (non-hydrogen) atoms. The van der Waals surface area contributed by atoms with Gasteiger partial charge in [0.2, 0.25) is 5.78 Å². The lowest BCUT2D eigenvalue weighted by molar-refractivity contribution is 0.102. The van der Waals surface area contributed by atoms with Crippen LogP contribution in [-0.2, 0) is 6.42 Å². The van der Waals surface area contributed by atoms with Crippen LogP contribution in [-0.4, -0.2) is 21.0 Å². The lowest BCUT2D eigenvalue weighted by Crippen LogP contribution is -2.05. The quantitative estimate of drug-likeness (QED) is 0.305. The number of nitrogens with one attached hydrogen (secondary N) is 1. The number of aromatic nitrogens is 1. The maximum atomic E-state index is 12.7. The second-order valence-corrected chi connectivity index (χ2v) is 8.08. The molecule has 0 spiro atoms. The highest BCUT2D eigenvalue weighted by molar-refractivity contribution is 9.13. The van der Waals surface area contributed by atoms with E-state index in [-0.39, 0.29) is 22.8 Å². The van der Waals surface area contributed by atoms with Gasteiger partial charge in [-0.25, -0.2) is 0 Å². The largest absolute Gasteiger partial charge is 0.507 e. The molecule has 130 valence electrons. The molecule has 0 aliphatic carbocycles. The number of rotatable bonds is 7. The molecule has 0 bridgehead atoms. The van der Waals surface area contributed by atoms with E-state index >= 15 is 0 Å². The molecule has 7 heteroatoms. The average molecular weight is 524 g/mol. The van der Waals surface area contributed by atoms with Gasteiger partial charge in [0.05, 0.1) is 19.2 Å². The number of ketones is 1. The van der Waals surface area contributed by atoms with Crippen LogP contribution >= 0.6 is 47.8 Å². The highest BCUT2D eigenvalue weighted by atomic mass is 79.9. The summed E-state index contributed by atoms with van der Waals surface area (Å²) >= 11 is 9.86. The molecule has 0 atom stereocenters. The van der Waals surface area contributed by atoms with Crippen molar-refractivity contribution in [2.75, 3.05) is 0 Å². The van der Waals surface area contributed by atoms with Crippen molar-refractivity contribution in [1.82, 2.24) is 4.98 Å². The fraction of sp³-hybridized carbons (Fsp3) is 0.353. The summed E-state index contributed by atoms with van der Waals surface area (Å²) < 4.78 is 1.72. The van der Waals surface area contributed by atoms with Crippen LogP contribution < -0.4 is 0 Å². The van der Waals surface area contributed by atoms with E-state index in [4.69, 9.17) is 0 Å². The molecule has 0 radical (unpaired) electrons. The standard InChI is InChI=1S/C17H18Br3NO3/c1-2-3-4-5-6-9-7-10(18)15(23)13(14(9)22)16(24)12-8-11(19)17(20)21-12/h7-8,21-23H,2-6H2,1H3. The van der Waals surface area contributed by atoms with Crippen LogP contribution in [0, 0.1) is 0 Å². The number of aryl methyl sites for hydroxylation is 1. The van der Waals surface area contributed by atoms with E-state index in [1.807, 2.05) is 0 Å². The fourth-order valence-corrected chi connectivity index (χ4v) is 3.62. The molecule has 0 saturated carbocycles. The van der Waals surface area contributed by atoms with Crippen LogP contribution in [0.3, 0.4) is 0 Å². The summed E-state index contributed by atoms with van der Waals surface area (Å²) in [5.74, 6) is -0.872. The first-order chi connectivity index (χ1) is 11.4. The first kappa shape index (κ1) is 19.5. The number of phenols is 2. The van der Waals surface area contributed by atoms with Gasteiger partial charge in [0.15, 0.2) is 0 Å². The molecule has 0 unspecified atom stereocenters. The molecule has 0 fully saturated rings. The van der Waals surface area contributed by atoms with Gasteiger partial charge >= 0.3 is 0 Å². The van der Waals surface area contributed by atoms with Gasteiger partial charge < -0.3 is 15.2 Å². The minimum absolute atomic E-state index is 0.0869. The number of phenolic OH excluding ortho intramolecular Hbond substituents is 2. The number of H-pyrrole nitrogens is 1. The number of benzene rings is 1. The molecule has 0 aliphatic heterocycles. The Labute approximate surface area is 166 Å². The van der Waals surface area contributed by atoms with Crippen LogP contribution in [0.1, 0.15) is 54.2 Å². The Morgan fingerprint density at radius 3 is 2.33 bits per heavy atom. The van der Waals surface area contributed by atoms with Gasteiger partial charge in [0, 0.05) is 0 Å². The number of carbonyl (C=O) groups is 1. The van der Waals surface area contributed by atoms with Crippen LogP contribution in [0.5, 0.6) is 11.5 Å². The van der Waals surface area contributed by atoms with Crippen LogP contribution in [0.2, 0.25) is 0 Å². The van der Waals surface area contributed by atoms with Crippen molar-refractivity contribution >= 4 is 53.6 Å². The van der Waals surface area contributed by atoms with E-state index in [9.17, 15) is 15.0 Å². The van der Waals surface area contributed by atoms with Crippen molar-refractivity contribution in [2.24, 2.45) is 0 Å². The smallest absolute Gasteiger partial charge is 0.216 e. The van der Waals surface area contributed by atoms with Gasteiger partial charge in [-0.2, -0.15) is 0 Å². The van der Waals surface area contributed by atoms with Crippen LogP contribution in [0.4, 0.5) is 0 Å². The first-order valence-corrected chi connectivity index (χ1v) is 10.1. The van der Waals surface area contributed by atoms with Crippen molar-refractivity contribution in [1.29, 1.82) is 0 Å². The number of halogens is 3. The van der Waals surface area contributed by atoms with E-state index in [1.54, 1.807) is 12.1 Å². The molecule has 4 nitrogen and oxygen atoms in total. The lowest BCUT2D eigenvalue weighted by Gasteiger charge is -2.12. The SMILES string of the molecule is CCCCCCc1cc(Br)c(O)c(C(=O)c2cc(Br)c(Br)[nH]2)c1O. The predicted octanol–water partition coefficient (Wildman–Crippen LogP) is 6.07. The molecular weight excluding hydrogens is 506 g/mol. The van der Waals surface area contributed by atoms with Gasteiger partial charge in [-0.05, 0) is 78.3 Å². The number of aromatic amines is 1. The van der Waals surface area contributed by atoms with E-state index in [2.05, 4.69) is 59.7 Å². The molecule has 2 aromatic rings. The normalized spacial score (nSPS) is 11.0. The minimum Gasteiger partial charge on any atom is -0.507 e. The molecule has 1 aromatic carbocycles. The summed E-state index contributed by atoms with van der Waals surface area (Å²) in [5.41, 5.74) is 0.842. The lowest BCUT2D eigenvalue weighted by atomic mass is 9.98. The highest BCUT2D eigenvalue weighted by Crippen LogP contribution is 2.39. The molecular formula is C17H18Br3NO3. The second-order valence-electron chi connectivity index (χ2n) is 5.57. The van der Waals surface area contributed by atoms with Gasteiger partial charge in [-0.3, -0.25) is 4.79 Å². The van der Waals surface area contributed by atoms with Crippen molar-refractivity contribution in [3.63, 3.8) is 0 Å². The molecule has 1 aromatic heterocycles. The van der Waals surface area contributed by atoms with Crippen LogP contribution in [0.15, 0.2) is 25.7 Å². The maximum absolute atomic E-state index is 12.7. The third kappa shape index (κ3) is 4.24. The number of carbonyl (C=O) groups excluding carboxylic acids is 1. The third-order valence-corrected chi connectivity index (χ3v) is 6.19. The number of aromatic hydroxyl groups is 2. The number of hydrogen-bond donors (Lipinski definition) is 3.